The second-order valence-electron chi connectivity index (χ2n) is 4.07. The summed E-state index contributed by atoms with van der Waals surface area (Å²) >= 11 is 13.5. The number of rotatable bonds is 1. The van der Waals surface area contributed by atoms with Gasteiger partial charge in [-0.25, -0.2) is 4.79 Å². The molecule has 0 aromatic carbocycles. The lowest BCUT2D eigenvalue weighted by Gasteiger charge is -2.19. The van der Waals surface area contributed by atoms with Crippen LogP contribution in [-0.4, -0.2) is 21.7 Å². The second kappa shape index (κ2) is 5.53. The van der Waals surface area contributed by atoms with Gasteiger partial charge in [-0.2, -0.15) is 9.97 Å². The topological polar surface area (TPSA) is 64.1 Å². The molecule has 0 aliphatic carbocycles. The molecule has 0 fully saturated rings. The monoisotopic (exact) mass is 389 g/mol. The van der Waals surface area contributed by atoms with Crippen LogP contribution in [0, 0.1) is 3.57 Å². The van der Waals surface area contributed by atoms with Crippen LogP contribution in [0.4, 0.5) is 10.7 Å². The average Bonchev–Trinajstić information content (AvgIpc) is 2.10. The van der Waals surface area contributed by atoms with E-state index in [4.69, 9.17) is 27.9 Å². The van der Waals surface area contributed by atoms with E-state index < -0.39 is 11.7 Å². The molecule has 5 nitrogen and oxygen atoms in total. The van der Waals surface area contributed by atoms with Crippen LogP contribution in [0.3, 0.4) is 0 Å². The summed E-state index contributed by atoms with van der Waals surface area (Å²) in [6, 6.07) is 0. The number of ether oxygens (including phenoxy) is 1. The minimum atomic E-state index is -0.661. The summed E-state index contributed by atoms with van der Waals surface area (Å²) in [7, 11) is 0. The van der Waals surface area contributed by atoms with E-state index in [1.54, 1.807) is 20.8 Å². The first-order valence-electron chi connectivity index (χ1n) is 4.57. The van der Waals surface area contributed by atoms with Gasteiger partial charge < -0.3 is 4.74 Å². The van der Waals surface area contributed by atoms with Gasteiger partial charge in [-0.15, -0.1) is 0 Å². The van der Waals surface area contributed by atoms with Crippen molar-refractivity contribution in [2.24, 2.45) is 0 Å². The summed E-state index contributed by atoms with van der Waals surface area (Å²) in [5.41, 5.74) is -0.596. The molecule has 0 saturated carbocycles. The van der Waals surface area contributed by atoms with Crippen LogP contribution in [0.15, 0.2) is 0 Å². The highest BCUT2D eigenvalue weighted by Gasteiger charge is 2.18. The second-order valence-corrected chi connectivity index (χ2v) is 5.86. The van der Waals surface area contributed by atoms with Gasteiger partial charge in [0, 0.05) is 0 Å². The van der Waals surface area contributed by atoms with Crippen molar-refractivity contribution in [3.05, 3.63) is 13.9 Å². The molecule has 8 heteroatoms. The molecule has 0 saturated heterocycles. The van der Waals surface area contributed by atoms with Crippen LogP contribution in [0.5, 0.6) is 0 Å². The molecule has 1 aromatic heterocycles. The van der Waals surface area contributed by atoms with E-state index in [9.17, 15) is 4.79 Å². The van der Waals surface area contributed by atoms with Crippen LogP contribution in [-0.2, 0) is 4.74 Å². The number of nitrogens with zero attached hydrogens (tertiary/aromatic N) is 2. The number of halogens is 3. The van der Waals surface area contributed by atoms with Gasteiger partial charge in [0.15, 0.2) is 0 Å². The number of hydrogen-bond acceptors (Lipinski definition) is 4. The molecular weight excluding hydrogens is 380 g/mol. The normalized spacial score (nSPS) is 11.2. The molecule has 0 aliphatic rings. The van der Waals surface area contributed by atoms with Gasteiger partial charge in [0.05, 0.1) is 3.57 Å². The van der Waals surface area contributed by atoms with E-state index >= 15 is 0 Å². The quantitative estimate of drug-likeness (QED) is 0.587. The maximum Gasteiger partial charge on any atom is 0.414 e. The number of carbonyl (C=O) groups excluding carboxylic acids is 1. The van der Waals surface area contributed by atoms with E-state index in [1.807, 2.05) is 22.6 Å². The van der Waals surface area contributed by atoms with Crippen LogP contribution in [0.25, 0.3) is 0 Å². The maximum absolute atomic E-state index is 11.4. The summed E-state index contributed by atoms with van der Waals surface area (Å²) in [6.07, 6.45) is -0.661. The molecule has 0 atom stereocenters. The zero-order valence-electron chi connectivity index (χ0n) is 9.34. The van der Waals surface area contributed by atoms with Crippen molar-refractivity contribution in [3.63, 3.8) is 0 Å². The maximum atomic E-state index is 11.4. The number of nitrogens with one attached hydrogen (secondary N) is 1. The fourth-order valence-electron chi connectivity index (χ4n) is 0.845. The van der Waals surface area contributed by atoms with Crippen LogP contribution >= 0.6 is 45.8 Å². The number of anilines is 1. The van der Waals surface area contributed by atoms with Gasteiger partial charge in [0.1, 0.15) is 15.9 Å². The van der Waals surface area contributed by atoms with Crippen molar-refractivity contribution in [1.29, 1.82) is 0 Å². The van der Waals surface area contributed by atoms with Gasteiger partial charge >= 0.3 is 6.09 Å². The van der Waals surface area contributed by atoms with Gasteiger partial charge in [-0.05, 0) is 43.4 Å². The van der Waals surface area contributed by atoms with Crippen LogP contribution in [0.1, 0.15) is 20.8 Å². The standard InChI is InChI=1S/C9H10Cl2IN3O2/c1-9(2,3)17-8(16)15-7-13-5(10)4(12)6(11)14-7/h1-3H3,(H,13,14,15,16). The Morgan fingerprint density at radius 1 is 1.29 bits per heavy atom. The van der Waals surface area contributed by atoms with Crippen molar-refractivity contribution in [3.8, 4) is 0 Å². The zero-order chi connectivity index (χ0) is 13.2. The molecule has 1 aromatic rings. The molecule has 0 bridgehead atoms. The lowest BCUT2D eigenvalue weighted by atomic mass is 10.2. The highest BCUT2D eigenvalue weighted by molar-refractivity contribution is 14.1. The van der Waals surface area contributed by atoms with Gasteiger partial charge in [-0.3, -0.25) is 5.32 Å². The molecule has 1 amide bonds. The molecule has 17 heavy (non-hydrogen) atoms. The number of aromatic nitrogens is 2. The average molecular weight is 390 g/mol. The third-order valence-electron chi connectivity index (χ3n) is 1.38. The highest BCUT2D eigenvalue weighted by Crippen LogP contribution is 2.24. The first-order valence-corrected chi connectivity index (χ1v) is 6.41. The van der Waals surface area contributed by atoms with Gasteiger partial charge in [0.2, 0.25) is 5.95 Å². The number of hydrogen-bond donors (Lipinski definition) is 1. The fourth-order valence-corrected chi connectivity index (χ4v) is 1.47. The molecule has 0 spiro atoms. The zero-order valence-corrected chi connectivity index (χ0v) is 13.0. The predicted octanol–water partition coefficient (Wildman–Crippen LogP) is 3.74. The fraction of sp³-hybridized carbons (Fsp3) is 0.444. The van der Waals surface area contributed by atoms with Gasteiger partial charge in [0.25, 0.3) is 0 Å². The van der Waals surface area contributed by atoms with Crippen LogP contribution < -0.4 is 5.32 Å². The molecule has 1 heterocycles. The Hall–Kier alpha value is -0.340. The molecule has 0 radical (unpaired) electrons. The summed E-state index contributed by atoms with van der Waals surface area (Å²) < 4.78 is 5.56. The molecular formula is C9H10Cl2IN3O2. The SMILES string of the molecule is CC(C)(C)OC(=O)Nc1nc(Cl)c(I)c(Cl)n1. The van der Waals surface area contributed by atoms with Crippen LogP contribution in [0.2, 0.25) is 10.3 Å². The largest absolute Gasteiger partial charge is 0.444 e. The molecule has 0 aliphatic heterocycles. The lowest BCUT2D eigenvalue weighted by molar-refractivity contribution is 0.0634. The Bertz CT molecular complexity index is 425. The Morgan fingerprint density at radius 2 is 1.76 bits per heavy atom. The third-order valence-corrected chi connectivity index (χ3v) is 3.59. The Kier molecular flexibility index (Phi) is 4.79. The number of amides is 1. The third kappa shape index (κ3) is 4.81. The Balaban J connectivity index is 2.79. The van der Waals surface area contributed by atoms with E-state index in [0.29, 0.717) is 3.57 Å². The minimum absolute atomic E-state index is 0.00895. The van der Waals surface area contributed by atoms with Crippen molar-refractivity contribution < 1.29 is 9.53 Å². The van der Waals surface area contributed by atoms with E-state index in [2.05, 4.69) is 15.3 Å². The van der Waals surface area contributed by atoms with E-state index in [1.165, 1.54) is 0 Å². The van der Waals surface area contributed by atoms with Crippen molar-refractivity contribution in [2.45, 2.75) is 26.4 Å². The Labute approximate surface area is 122 Å². The van der Waals surface area contributed by atoms with Crippen molar-refractivity contribution >= 4 is 57.8 Å². The van der Waals surface area contributed by atoms with Gasteiger partial charge in [-0.1, -0.05) is 23.2 Å². The van der Waals surface area contributed by atoms with E-state index in [0.717, 1.165) is 0 Å². The smallest absolute Gasteiger partial charge is 0.414 e. The molecule has 1 rings (SSSR count). The van der Waals surface area contributed by atoms with Crippen molar-refractivity contribution in [1.82, 2.24) is 9.97 Å². The molecule has 1 N–H and O–H groups in total. The summed E-state index contributed by atoms with van der Waals surface area (Å²) in [5.74, 6) is 0.00895. The number of carbonyl (C=O) groups is 1. The predicted molar refractivity (Wildman–Crippen MR) is 74.6 cm³/mol. The summed E-state index contributed by atoms with van der Waals surface area (Å²) in [4.78, 5) is 19.1. The van der Waals surface area contributed by atoms with E-state index in [-0.39, 0.29) is 16.3 Å². The lowest BCUT2D eigenvalue weighted by Crippen LogP contribution is -2.27. The summed E-state index contributed by atoms with van der Waals surface area (Å²) in [5, 5.41) is 2.71. The summed E-state index contributed by atoms with van der Waals surface area (Å²) in [6.45, 7) is 5.25. The first kappa shape index (κ1) is 14.7. The Morgan fingerprint density at radius 3 is 2.18 bits per heavy atom. The molecule has 0 unspecified atom stereocenters. The highest BCUT2D eigenvalue weighted by atomic mass is 127. The first-order chi connectivity index (χ1) is 7.69. The minimum Gasteiger partial charge on any atom is -0.444 e. The van der Waals surface area contributed by atoms with Crippen molar-refractivity contribution in [2.75, 3.05) is 5.32 Å². The molecule has 94 valence electrons.